The quantitative estimate of drug-likeness (QED) is 0.628. The van der Waals surface area contributed by atoms with Crippen molar-refractivity contribution in [2.24, 2.45) is 0 Å². The van der Waals surface area contributed by atoms with Crippen molar-refractivity contribution >= 4 is 23.5 Å². The van der Waals surface area contributed by atoms with Gasteiger partial charge in [0.2, 0.25) is 5.91 Å². The van der Waals surface area contributed by atoms with Crippen LogP contribution in [0.15, 0.2) is 18.2 Å². The number of carboxylic acid groups (broad SMARTS) is 2. The summed E-state index contributed by atoms with van der Waals surface area (Å²) in [6.45, 7) is 2.40. The lowest BCUT2D eigenvalue weighted by atomic mass is 10.2. The number of amides is 1. The first-order valence-electron chi connectivity index (χ1n) is 4.77. The number of nitrogens with one attached hydrogen (secondary N) is 1. The number of aromatic carboxylic acids is 1. The van der Waals surface area contributed by atoms with Gasteiger partial charge in [0.05, 0.1) is 0 Å². The molecule has 7 nitrogen and oxygen atoms in total. The van der Waals surface area contributed by atoms with Crippen molar-refractivity contribution in [3.63, 3.8) is 0 Å². The van der Waals surface area contributed by atoms with Crippen LogP contribution in [0.5, 0.6) is 5.75 Å². The summed E-state index contributed by atoms with van der Waals surface area (Å²) in [6.07, 6.45) is 0. The van der Waals surface area contributed by atoms with Crippen LogP contribution < -0.4 is 5.32 Å². The Hall–Kier alpha value is -2.57. The molecule has 0 unspecified atom stereocenters. The maximum Gasteiger partial charge on any atom is 0.339 e. The molecule has 0 spiro atoms. The van der Waals surface area contributed by atoms with E-state index >= 15 is 0 Å². The predicted octanol–water partition coefficient (Wildman–Crippen LogP) is 1.14. The first kappa shape index (κ1) is 15.4. The van der Waals surface area contributed by atoms with Crippen molar-refractivity contribution in [3.05, 3.63) is 23.8 Å². The highest BCUT2D eigenvalue weighted by molar-refractivity contribution is 5.93. The van der Waals surface area contributed by atoms with Crippen molar-refractivity contribution in [3.8, 4) is 5.75 Å². The van der Waals surface area contributed by atoms with Gasteiger partial charge in [0.1, 0.15) is 11.3 Å². The second-order valence-electron chi connectivity index (χ2n) is 3.24. The Morgan fingerprint density at radius 1 is 1.11 bits per heavy atom. The average Bonchev–Trinajstić information content (AvgIpc) is 2.14. The van der Waals surface area contributed by atoms with E-state index in [1.807, 2.05) is 0 Å². The van der Waals surface area contributed by atoms with Gasteiger partial charge >= 0.3 is 5.97 Å². The molecule has 1 aromatic carbocycles. The normalized spacial score (nSPS) is 8.78. The van der Waals surface area contributed by atoms with Crippen molar-refractivity contribution in [1.29, 1.82) is 0 Å². The van der Waals surface area contributed by atoms with Gasteiger partial charge in [-0.3, -0.25) is 9.59 Å². The number of phenols is 1. The van der Waals surface area contributed by atoms with Crippen LogP contribution in [0.4, 0.5) is 5.69 Å². The standard InChI is InChI=1S/C9H9NO4.C2H4O2/c1-5(11)10-6-2-3-7(9(13)14)8(12)4-6;1-2(3)4/h2-4,12H,1H3,(H,10,11)(H,13,14);1H3,(H,3,4). The van der Waals surface area contributed by atoms with Crippen molar-refractivity contribution in [2.75, 3.05) is 5.32 Å². The van der Waals surface area contributed by atoms with E-state index in [2.05, 4.69) is 5.32 Å². The van der Waals surface area contributed by atoms with Gasteiger partial charge in [-0.25, -0.2) is 4.79 Å². The Balaban J connectivity index is 0.000000631. The van der Waals surface area contributed by atoms with E-state index in [1.54, 1.807) is 0 Å². The van der Waals surface area contributed by atoms with Crippen LogP contribution in [0, 0.1) is 0 Å². The predicted molar refractivity (Wildman–Crippen MR) is 62.7 cm³/mol. The number of hydrogen-bond acceptors (Lipinski definition) is 4. The molecule has 1 amide bonds. The summed E-state index contributed by atoms with van der Waals surface area (Å²) < 4.78 is 0. The van der Waals surface area contributed by atoms with Crippen molar-refractivity contribution in [1.82, 2.24) is 0 Å². The zero-order chi connectivity index (χ0) is 14.3. The van der Waals surface area contributed by atoms with Crippen molar-refractivity contribution < 1.29 is 29.7 Å². The number of anilines is 1. The van der Waals surface area contributed by atoms with E-state index in [0.717, 1.165) is 6.92 Å². The molecular weight excluding hydrogens is 242 g/mol. The SMILES string of the molecule is CC(=O)Nc1ccc(C(=O)O)c(O)c1.CC(=O)O. The Labute approximate surface area is 103 Å². The molecule has 0 aliphatic heterocycles. The van der Waals surface area contributed by atoms with E-state index in [-0.39, 0.29) is 17.2 Å². The van der Waals surface area contributed by atoms with Gasteiger partial charge in [0.25, 0.3) is 5.97 Å². The smallest absolute Gasteiger partial charge is 0.339 e. The zero-order valence-corrected chi connectivity index (χ0v) is 9.80. The fourth-order valence-corrected chi connectivity index (χ4v) is 0.994. The third-order valence-electron chi connectivity index (χ3n) is 1.55. The molecule has 0 fully saturated rings. The summed E-state index contributed by atoms with van der Waals surface area (Å²) in [5.41, 5.74) is 0.166. The maximum absolute atomic E-state index is 10.6. The van der Waals surface area contributed by atoms with Crippen LogP contribution in [0.3, 0.4) is 0 Å². The molecule has 0 radical (unpaired) electrons. The third-order valence-corrected chi connectivity index (χ3v) is 1.55. The van der Waals surface area contributed by atoms with E-state index in [4.69, 9.17) is 15.0 Å². The number of benzene rings is 1. The third kappa shape index (κ3) is 6.11. The molecule has 0 atom stereocenters. The monoisotopic (exact) mass is 255 g/mol. The number of rotatable bonds is 2. The van der Waals surface area contributed by atoms with E-state index in [0.29, 0.717) is 5.69 Å². The molecule has 0 saturated heterocycles. The van der Waals surface area contributed by atoms with E-state index in [1.165, 1.54) is 25.1 Å². The van der Waals surface area contributed by atoms with Crippen LogP contribution in [0.1, 0.15) is 24.2 Å². The minimum atomic E-state index is -1.21. The number of hydrogen-bond donors (Lipinski definition) is 4. The van der Waals surface area contributed by atoms with Gasteiger partial charge in [0, 0.05) is 25.6 Å². The Morgan fingerprint density at radius 2 is 1.61 bits per heavy atom. The molecule has 1 rings (SSSR count). The molecule has 0 aliphatic rings. The lowest BCUT2D eigenvalue weighted by Gasteiger charge is -2.04. The Kier molecular flexibility index (Phi) is 5.91. The molecule has 98 valence electrons. The van der Waals surface area contributed by atoms with Gasteiger partial charge in [0.15, 0.2) is 0 Å². The van der Waals surface area contributed by atoms with Crippen molar-refractivity contribution in [2.45, 2.75) is 13.8 Å². The summed E-state index contributed by atoms with van der Waals surface area (Å²) >= 11 is 0. The first-order valence-corrected chi connectivity index (χ1v) is 4.77. The topological polar surface area (TPSA) is 124 Å². The summed E-state index contributed by atoms with van der Waals surface area (Å²) in [7, 11) is 0. The number of carboxylic acids is 2. The molecule has 0 bridgehead atoms. The van der Waals surface area contributed by atoms with E-state index in [9.17, 15) is 14.7 Å². The molecule has 0 aliphatic carbocycles. The van der Waals surface area contributed by atoms with Gasteiger partial charge < -0.3 is 20.6 Å². The van der Waals surface area contributed by atoms with Gasteiger partial charge in [-0.15, -0.1) is 0 Å². The fraction of sp³-hybridized carbons (Fsp3) is 0.182. The number of carbonyl (C=O) groups excluding carboxylic acids is 1. The van der Waals surface area contributed by atoms with Gasteiger partial charge in [-0.2, -0.15) is 0 Å². The molecule has 4 N–H and O–H groups in total. The maximum atomic E-state index is 10.6. The van der Waals surface area contributed by atoms with Crippen LogP contribution in [0.25, 0.3) is 0 Å². The molecule has 1 aromatic rings. The molecular formula is C11H13NO6. The molecule has 0 saturated carbocycles. The van der Waals surface area contributed by atoms with Crippen LogP contribution in [0.2, 0.25) is 0 Å². The summed E-state index contributed by atoms with van der Waals surface area (Å²) in [5, 5.41) is 27.7. The Morgan fingerprint density at radius 3 is 1.94 bits per heavy atom. The Bertz CT molecular complexity index is 465. The second-order valence-corrected chi connectivity index (χ2v) is 3.24. The molecule has 7 heteroatoms. The zero-order valence-electron chi connectivity index (χ0n) is 9.80. The highest BCUT2D eigenvalue weighted by Crippen LogP contribution is 2.21. The average molecular weight is 255 g/mol. The fourth-order valence-electron chi connectivity index (χ4n) is 0.994. The minimum Gasteiger partial charge on any atom is -0.507 e. The number of aliphatic carboxylic acids is 1. The van der Waals surface area contributed by atoms with Crippen LogP contribution >= 0.6 is 0 Å². The highest BCUT2D eigenvalue weighted by Gasteiger charge is 2.09. The van der Waals surface area contributed by atoms with Crippen LogP contribution in [-0.4, -0.2) is 33.2 Å². The van der Waals surface area contributed by atoms with Crippen LogP contribution in [-0.2, 0) is 9.59 Å². The first-order chi connectivity index (χ1) is 8.23. The summed E-state index contributed by atoms with van der Waals surface area (Å²) in [5.74, 6) is -2.70. The minimum absolute atomic E-state index is 0.195. The molecule has 18 heavy (non-hydrogen) atoms. The van der Waals surface area contributed by atoms with E-state index < -0.39 is 11.9 Å². The highest BCUT2D eigenvalue weighted by atomic mass is 16.4. The second kappa shape index (κ2) is 6.89. The van der Waals surface area contributed by atoms with Gasteiger partial charge in [-0.05, 0) is 12.1 Å². The number of aromatic hydroxyl groups is 1. The molecule has 0 heterocycles. The summed E-state index contributed by atoms with van der Waals surface area (Å²) in [6, 6.07) is 3.82. The molecule has 0 aromatic heterocycles. The largest absolute Gasteiger partial charge is 0.507 e. The lowest BCUT2D eigenvalue weighted by molar-refractivity contribution is -0.134. The number of carbonyl (C=O) groups is 3. The summed E-state index contributed by atoms with van der Waals surface area (Å²) in [4.78, 5) is 30.1. The van der Waals surface area contributed by atoms with Gasteiger partial charge in [-0.1, -0.05) is 0 Å². The lowest BCUT2D eigenvalue weighted by Crippen LogP contribution is -2.06.